The zero-order valence-corrected chi connectivity index (χ0v) is 14.3. The van der Waals surface area contributed by atoms with Crippen molar-refractivity contribution in [3.8, 4) is 11.5 Å². The second-order valence-corrected chi connectivity index (χ2v) is 5.68. The van der Waals surface area contributed by atoms with Crippen LogP contribution in [0.1, 0.15) is 19.7 Å². The maximum atomic E-state index is 11.6. The Balaban J connectivity index is 2.03. The van der Waals surface area contributed by atoms with Crippen LogP contribution < -0.4 is 5.32 Å². The topological polar surface area (TPSA) is 71.3 Å². The number of aromatic nitrogens is 2. The number of amides is 1. The van der Waals surface area contributed by atoms with Crippen molar-refractivity contribution < 1.29 is 9.21 Å². The summed E-state index contributed by atoms with van der Waals surface area (Å²) >= 11 is 3.42. The number of nitrogens with zero attached hydrogens (tertiary/aromatic N) is 3. The van der Waals surface area contributed by atoms with E-state index in [1.54, 1.807) is 0 Å². The van der Waals surface area contributed by atoms with Crippen LogP contribution in [0.15, 0.2) is 33.2 Å². The Labute approximate surface area is 138 Å². The zero-order chi connectivity index (χ0) is 15.9. The monoisotopic (exact) mass is 366 g/mol. The number of benzene rings is 1. The summed E-state index contributed by atoms with van der Waals surface area (Å²) in [6.07, 6.45) is 0. The first-order valence-corrected chi connectivity index (χ1v) is 7.99. The van der Waals surface area contributed by atoms with Gasteiger partial charge in [-0.3, -0.25) is 9.69 Å². The van der Waals surface area contributed by atoms with Gasteiger partial charge in [0.15, 0.2) is 0 Å². The van der Waals surface area contributed by atoms with E-state index in [0.717, 1.165) is 16.6 Å². The van der Waals surface area contributed by atoms with Crippen LogP contribution in [-0.4, -0.2) is 40.6 Å². The van der Waals surface area contributed by atoms with Crippen LogP contribution in [0.3, 0.4) is 0 Å². The first kappa shape index (κ1) is 16.6. The smallest absolute Gasteiger partial charge is 0.247 e. The summed E-state index contributed by atoms with van der Waals surface area (Å²) in [5.74, 6) is 0.975. The fraction of sp³-hybridized carbons (Fsp3) is 0.400. The number of likely N-dealkylation sites (N-methyl/N-ethyl adjacent to an activating group) is 2. The lowest BCUT2D eigenvalue weighted by Crippen LogP contribution is -2.36. The van der Waals surface area contributed by atoms with Crippen LogP contribution in [0.5, 0.6) is 0 Å². The zero-order valence-electron chi connectivity index (χ0n) is 12.7. The molecule has 2 aromatic rings. The minimum atomic E-state index is -0.00363. The Bertz CT molecular complexity index is 630. The predicted molar refractivity (Wildman–Crippen MR) is 87.1 cm³/mol. The van der Waals surface area contributed by atoms with Gasteiger partial charge in [-0.2, -0.15) is 0 Å². The van der Waals surface area contributed by atoms with Crippen molar-refractivity contribution in [2.45, 2.75) is 20.4 Å². The van der Waals surface area contributed by atoms with Crippen LogP contribution in [0.2, 0.25) is 0 Å². The third-order valence-corrected chi connectivity index (χ3v) is 3.58. The molecule has 0 radical (unpaired) electrons. The van der Waals surface area contributed by atoms with E-state index >= 15 is 0 Å². The molecule has 7 heteroatoms. The highest BCUT2D eigenvalue weighted by Crippen LogP contribution is 2.22. The van der Waals surface area contributed by atoms with E-state index in [4.69, 9.17) is 4.42 Å². The van der Waals surface area contributed by atoms with Gasteiger partial charge in [0, 0.05) is 16.6 Å². The Morgan fingerprint density at radius 3 is 2.86 bits per heavy atom. The van der Waals surface area contributed by atoms with Crippen LogP contribution >= 0.6 is 15.9 Å². The van der Waals surface area contributed by atoms with Crippen molar-refractivity contribution >= 4 is 21.8 Å². The van der Waals surface area contributed by atoms with Gasteiger partial charge in [-0.15, -0.1) is 10.2 Å². The van der Waals surface area contributed by atoms with Crippen LogP contribution in [0.4, 0.5) is 0 Å². The fourth-order valence-electron chi connectivity index (χ4n) is 1.98. The van der Waals surface area contributed by atoms with E-state index in [9.17, 15) is 4.79 Å². The molecule has 6 nitrogen and oxygen atoms in total. The molecule has 0 saturated heterocycles. The SMILES string of the molecule is CCNC(=O)CN(CC)Cc1nnc(-c2cccc(Br)c2)o1. The number of carbonyl (C=O) groups excluding carboxylic acids is 1. The molecule has 0 atom stereocenters. The van der Waals surface area contributed by atoms with E-state index in [-0.39, 0.29) is 5.91 Å². The lowest BCUT2D eigenvalue weighted by molar-refractivity contribution is -0.122. The van der Waals surface area contributed by atoms with E-state index in [1.165, 1.54) is 0 Å². The van der Waals surface area contributed by atoms with Crippen molar-refractivity contribution in [3.63, 3.8) is 0 Å². The Morgan fingerprint density at radius 2 is 2.18 bits per heavy atom. The lowest BCUT2D eigenvalue weighted by Gasteiger charge is -2.17. The standard InChI is InChI=1S/C15H19BrN4O2/c1-3-17-13(21)9-20(4-2)10-14-18-19-15(22-14)11-6-5-7-12(16)8-11/h5-8H,3-4,9-10H2,1-2H3,(H,17,21). The van der Waals surface area contributed by atoms with Crippen LogP contribution in [0, 0.1) is 0 Å². The minimum absolute atomic E-state index is 0.00363. The molecule has 0 aliphatic carbocycles. The highest BCUT2D eigenvalue weighted by molar-refractivity contribution is 9.10. The fourth-order valence-corrected chi connectivity index (χ4v) is 2.38. The molecule has 0 fully saturated rings. The van der Waals surface area contributed by atoms with Crippen molar-refractivity contribution in [1.29, 1.82) is 0 Å². The molecule has 1 aromatic heterocycles. The molecular formula is C15H19BrN4O2. The number of hydrogen-bond donors (Lipinski definition) is 1. The largest absolute Gasteiger partial charge is 0.419 e. The van der Waals surface area contributed by atoms with Crippen molar-refractivity contribution in [1.82, 2.24) is 20.4 Å². The molecular weight excluding hydrogens is 348 g/mol. The second-order valence-electron chi connectivity index (χ2n) is 4.77. The van der Waals surface area contributed by atoms with Crippen molar-refractivity contribution in [2.75, 3.05) is 19.6 Å². The summed E-state index contributed by atoms with van der Waals surface area (Å²) in [6.45, 7) is 6.02. The molecule has 1 N–H and O–H groups in total. The number of hydrogen-bond acceptors (Lipinski definition) is 5. The van der Waals surface area contributed by atoms with E-state index in [0.29, 0.717) is 31.4 Å². The molecule has 1 heterocycles. The van der Waals surface area contributed by atoms with Gasteiger partial charge in [0.1, 0.15) is 0 Å². The van der Waals surface area contributed by atoms with Gasteiger partial charge in [-0.25, -0.2) is 0 Å². The normalized spacial score (nSPS) is 10.9. The Hall–Kier alpha value is -1.73. The highest BCUT2D eigenvalue weighted by atomic mass is 79.9. The van der Waals surface area contributed by atoms with Gasteiger partial charge in [0.05, 0.1) is 13.1 Å². The molecule has 118 valence electrons. The summed E-state index contributed by atoms with van der Waals surface area (Å²) in [5, 5.41) is 10.9. The van der Waals surface area contributed by atoms with Gasteiger partial charge in [0.25, 0.3) is 0 Å². The number of carbonyl (C=O) groups is 1. The highest BCUT2D eigenvalue weighted by Gasteiger charge is 2.14. The molecule has 0 spiro atoms. The number of rotatable bonds is 7. The summed E-state index contributed by atoms with van der Waals surface area (Å²) in [4.78, 5) is 13.6. The maximum absolute atomic E-state index is 11.6. The lowest BCUT2D eigenvalue weighted by atomic mass is 10.2. The number of halogens is 1. The third kappa shape index (κ3) is 4.64. The van der Waals surface area contributed by atoms with E-state index in [1.807, 2.05) is 43.0 Å². The molecule has 0 bridgehead atoms. The van der Waals surface area contributed by atoms with Crippen molar-refractivity contribution in [3.05, 3.63) is 34.6 Å². The molecule has 1 aromatic carbocycles. The Kier molecular flexibility index (Phi) is 6.09. The van der Waals surface area contributed by atoms with Crippen molar-refractivity contribution in [2.24, 2.45) is 0 Å². The maximum Gasteiger partial charge on any atom is 0.247 e. The van der Waals surface area contributed by atoms with Gasteiger partial charge in [-0.1, -0.05) is 28.9 Å². The quantitative estimate of drug-likeness (QED) is 0.814. The van der Waals surface area contributed by atoms with Gasteiger partial charge < -0.3 is 9.73 Å². The van der Waals surface area contributed by atoms with E-state index in [2.05, 4.69) is 31.4 Å². The van der Waals surface area contributed by atoms with Gasteiger partial charge >= 0.3 is 0 Å². The average Bonchev–Trinajstić information content (AvgIpc) is 2.95. The molecule has 0 aliphatic rings. The first-order chi connectivity index (χ1) is 10.6. The summed E-state index contributed by atoms with van der Waals surface area (Å²) < 4.78 is 6.64. The predicted octanol–water partition coefficient (Wildman–Crippen LogP) is 2.46. The average molecular weight is 367 g/mol. The summed E-state index contributed by atoms with van der Waals surface area (Å²) in [5.41, 5.74) is 0.861. The Morgan fingerprint density at radius 1 is 1.36 bits per heavy atom. The molecule has 22 heavy (non-hydrogen) atoms. The summed E-state index contributed by atoms with van der Waals surface area (Å²) in [7, 11) is 0. The third-order valence-electron chi connectivity index (χ3n) is 3.09. The van der Waals surface area contributed by atoms with Crippen LogP contribution in [0.25, 0.3) is 11.5 Å². The first-order valence-electron chi connectivity index (χ1n) is 7.19. The molecule has 1 amide bonds. The molecule has 0 saturated carbocycles. The molecule has 0 unspecified atom stereocenters. The van der Waals surface area contributed by atoms with E-state index < -0.39 is 0 Å². The van der Waals surface area contributed by atoms with Crippen LogP contribution in [-0.2, 0) is 11.3 Å². The molecule has 0 aliphatic heterocycles. The molecule has 2 rings (SSSR count). The van der Waals surface area contributed by atoms with Gasteiger partial charge in [0.2, 0.25) is 17.7 Å². The summed E-state index contributed by atoms with van der Waals surface area (Å²) in [6, 6.07) is 7.68. The second kappa shape index (κ2) is 8.05. The number of nitrogens with one attached hydrogen (secondary N) is 1. The van der Waals surface area contributed by atoms with Gasteiger partial charge in [-0.05, 0) is 31.7 Å². The minimum Gasteiger partial charge on any atom is -0.419 e.